The maximum atomic E-state index is 14.5. The highest BCUT2D eigenvalue weighted by Gasteiger charge is 2.57. The Balaban J connectivity index is 2.12. The number of methoxy groups -OCH3 is 1. The first-order chi connectivity index (χ1) is 35.5. The fourth-order valence-corrected chi connectivity index (χ4v) is 9.58. The van der Waals surface area contributed by atoms with Crippen LogP contribution in [-0.2, 0) is 47.7 Å². The predicted octanol–water partition coefficient (Wildman–Crippen LogP) is 14.6. The first kappa shape index (κ1) is 63.1. The topological polar surface area (TPSA) is 176 Å². The van der Waals surface area contributed by atoms with Crippen molar-refractivity contribution in [2.75, 3.05) is 13.7 Å². The number of carbonyl (C=O) groups excluding carboxylic acids is 6. The molecule has 416 valence electrons. The Bertz CT molecular complexity index is 1760. The number of rotatable bonds is 42. The van der Waals surface area contributed by atoms with Crippen LogP contribution in [0.4, 0.5) is 0 Å². The van der Waals surface area contributed by atoms with Gasteiger partial charge in [0.2, 0.25) is 5.75 Å². The SMILES string of the molecule is CCCCCCCCC(=O)OC[C@H]1OC2c3c(cc(OC(=O)CCCCCCCC)c(OC)c3OC(=O)CCCCCCCC)C(=O)OC2[C@@H](OC(=O)CCCCCCCC)[C@@H]1OC(=O)CCCCCCCC. The number of esters is 6. The van der Waals surface area contributed by atoms with Gasteiger partial charge in [0.1, 0.15) is 18.8 Å². The van der Waals surface area contributed by atoms with Gasteiger partial charge < -0.3 is 37.9 Å². The van der Waals surface area contributed by atoms with Crippen molar-refractivity contribution in [1.82, 2.24) is 0 Å². The van der Waals surface area contributed by atoms with Crippen LogP contribution in [0.3, 0.4) is 0 Å². The van der Waals surface area contributed by atoms with Crippen LogP contribution in [-0.4, -0.2) is 73.9 Å². The Morgan fingerprint density at radius 3 is 1.29 bits per heavy atom. The molecule has 0 amide bonds. The van der Waals surface area contributed by atoms with Gasteiger partial charge >= 0.3 is 35.8 Å². The number of ether oxygens (including phenoxy) is 8. The molecule has 2 heterocycles. The van der Waals surface area contributed by atoms with E-state index in [4.69, 9.17) is 37.9 Å². The van der Waals surface area contributed by atoms with Crippen LogP contribution in [0.15, 0.2) is 6.07 Å². The molecule has 0 spiro atoms. The molecule has 73 heavy (non-hydrogen) atoms. The summed E-state index contributed by atoms with van der Waals surface area (Å²) in [6.07, 6.45) is 22.1. The van der Waals surface area contributed by atoms with E-state index in [0.717, 1.165) is 161 Å². The van der Waals surface area contributed by atoms with E-state index in [-0.39, 0.29) is 67.1 Å². The maximum Gasteiger partial charge on any atom is 0.339 e. The molecule has 0 aliphatic carbocycles. The molecule has 0 radical (unpaired) electrons. The third-order valence-corrected chi connectivity index (χ3v) is 13.9. The summed E-state index contributed by atoms with van der Waals surface area (Å²) >= 11 is 0. The van der Waals surface area contributed by atoms with E-state index in [2.05, 4.69) is 34.6 Å². The average molecular weight is 1030 g/mol. The lowest BCUT2D eigenvalue weighted by Crippen LogP contribution is -2.61. The lowest BCUT2D eigenvalue weighted by molar-refractivity contribution is -0.252. The smallest absolute Gasteiger partial charge is 0.339 e. The van der Waals surface area contributed by atoms with Gasteiger partial charge in [0.25, 0.3) is 0 Å². The van der Waals surface area contributed by atoms with Crippen molar-refractivity contribution in [2.45, 2.75) is 290 Å². The minimum Gasteiger partial charge on any atom is -0.490 e. The summed E-state index contributed by atoms with van der Waals surface area (Å²) in [5.74, 6) is -4.16. The molecular formula is C59H96O14. The molecule has 0 bridgehead atoms. The summed E-state index contributed by atoms with van der Waals surface area (Å²) in [6, 6.07) is 1.32. The van der Waals surface area contributed by atoms with Crippen LogP contribution in [0.2, 0.25) is 0 Å². The number of hydrogen-bond donors (Lipinski definition) is 0. The first-order valence-corrected chi connectivity index (χ1v) is 29.1. The summed E-state index contributed by atoms with van der Waals surface area (Å²) in [7, 11) is 1.34. The molecule has 1 fully saturated rings. The molecule has 14 heteroatoms. The normalized spacial score (nSPS) is 18.0. The number of hydrogen-bond acceptors (Lipinski definition) is 14. The summed E-state index contributed by atoms with van der Waals surface area (Å²) < 4.78 is 49.3. The van der Waals surface area contributed by atoms with Crippen LogP contribution in [0.25, 0.3) is 0 Å². The second-order valence-electron chi connectivity index (χ2n) is 20.3. The lowest BCUT2D eigenvalue weighted by atomic mass is 9.85. The highest BCUT2D eigenvalue weighted by atomic mass is 16.7. The fraction of sp³-hybridized carbons (Fsp3) is 0.797. The molecule has 1 saturated heterocycles. The van der Waals surface area contributed by atoms with Gasteiger partial charge in [-0.3, -0.25) is 24.0 Å². The van der Waals surface area contributed by atoms with Crippen molar-refractivity contribution in [3.63, 3.8) is 0 Å². The number of benzene rings is 1. The highest BCUT2D eigenvalue weighted by molar-refractivity contribution is 5.96. The third kappa shape index (κ3) is 23.9. The fourth-order valence-electron chi connectivity index (χ4n) is 9.58. The summed E-state index contributed by atoms with van der Waals surface area (Å²) in [4.78, 5) is 82.9. The van der Waals surface area contributed by atoms with Crippen LogP contribution in [0, 0.1) is 0 Å². The minimum atomic E-state index is -1.42. The Labute approximate surface area is 439 Å². The van der Waals surface area contributed by atoms with Crippen molar-refractivity contribution < 1.29 is 66.7 Å². The Hall–Kier alpha value is -4.20. The maximum absolute atomic E-state index is 14.5. The monoisotopic (exact) mass is 1030 g/mol. The van der Waals surface area contributed by atoms with Gasteiger partial charge in [-0.1, -0.05) is 195 Å². The molecule has 3 rings (SSSR count). The van der Waals surface area contributed by atoms with E-state index in [1.807, 2.05) is 0 Å². The Morgan fingerprint density at radius 1 is 0.466 bits per heavy atom. The van der Waals surface area contributed by atoms with E-state index >= 15 is 0 Å². The Morgan fingerprint density at radius 2 is 0.849 bits per heavy atom. The van der Waals surface area contributed by atoms with Gasteiger partial charge in [0.05, 0.1) is 12.7 Å². The first-order valence-electron chi connectivity index (χ1n) is 29.1. The van der Waals surface area contributed by atoms with Crippen LogP contribution >= 0.6 is 0 Å². The Kier molecular flexibility index (Phi) is 33.2. The third-order valence-electron chi connectivity index (χ3n) is 13.9. The summed E-state index contributed by atoms with van der Waals surface area (Å²) in [5.41, 5.74) is -0.0800. The average Bonchev–Trinajstić information content (AvgIpc) is 3.37. The second kappa shape index (κ2) is 38.4. The van der Waals surface area contributed by atoms with E-state index in [1.165, 1.54) is 13.2 Å². The molecule has 2 aliphatic rings. The second-order valence-corrected chi connectivity index (χ2v) is 20.3. The molecule has 1 aromatic carbocycles. The zero-order valence-electron chi connectivity index (χ0n) is 46.1. The molecule has 0 aromatic heterocycles. The number of unbranched alkanes of at least 4 members (excludes halogenated alkanes) is 25. The molecule has 2 aliphatic heterocycles. The van der Waals surface area contributed by atoms with Crippen molar-refractivity contribution in [2.24, 2.45) is 0 Å². The molecule has 0 N–H and O–H groups in total. The number of carbonyl (C=O) groups is 6. The van der Waals surface area contributed by atoms with Gasteiger partial charge in [-0.2, -0.15) is 0 Å². The van der Waals surface area contributed by atoms with Crippen molar-refractivity contribution >= 4 is 35.8 Å². The largest absolute Gasteiger partial charge is 0.490 e. The van der Waals surface area contributed by atoms with Crippen LogP contribution in [0.1, 0.15) is 281 Å². The summed E-state index contributed by atoms with van der Waals surface area (Å²) in [5, 5.41) is 0. The molecule has 1 aromatic rings. The van der Waals surface area contributed by atoms with Gasteiger partial charge in [-0.05, 0) is 38.2 Å². The van der Waals surface area contributed by atoms with Gasteiger partial charge in [-0.25, -0.2) is 4.79 Å². The van der Waals surface area contributed by atoms with Gasteiger partial charge in [0.15, 0.2) is 29.8 Å². The van der Waals surface area contributed by atoms with Crippen molar-refractivity contribution in [1.29, 1.82) is 0 Å². The van der Waals surface area contributed by atoms with Crippen molar-refractivity contribution in [3.8, 4) is 17.2 Å². The molecule has 5 atom stereocenters. The minimum absolute atomic E-state index is 0.0438. The van der Waals surface area contributed by atoms with Gasteiger partial charge in [-0.15, -0.1) is 0 Å². The zero-order valence-corrected chi connectivity index (χ0v) is 46.1. The molecule has 0 saturated carbocycles. The highest BCUT2D eigenvalue weighted by Crippen LogP contribution is 2.52. The predicted molar refractivity (Wildman–Crippen MR) is 282 cm³/mol. The van der Waals surface area contributed by atoms with Gasteiger partial charge in [0, 0.05) is 37.7 Å². The quantitative estimate of drug-likeness (QED) is 0.0261. The molecule has 2 unspecified atom stereocenters. The van der Waals surface area contributed by atoms with E-state index < -0.39 is 66.3 Å². The molecule has 14 nitrogen and oxygen atoms in total. The standard InChI is InChI=1S/C59H96O14/c1-7-12-17-22-27-32-37-47(60)67-43-46-54(70-49(62)39-34-29-24-19-14-9-3)57(72-51(64)41-36-31-26-21-16-11-5)58-56(69-46)52-44(59(65)73-58)42-45(68-48(61)38-33-28-23-18-13-8-2)53(66-6)55(52)71-50(63)40-35-30-25-20-15-10-4/h42,46,54,56-58H,7-41,43H2,1-6H3/t46-,54-,56?,57+,58?/m1/s1. The zero-order chi connectivity index (χ0) is 53.1. The molecular weight excluding hydrogens is 933 g/mol. The summed E-state index contributed by atoms with van der Waals surface area (Å²) in [6.45, 7) is 10.3. The number of fused-ring (bicyclic) bond motifs is 3. The lowest BCUT2D eigenvalue weighted by Gasteiger charge is -2.47. The van der Waals surface area contributed by atoms with Crippen LogP contribution in [0.5, 0.6) is 17.2 Å². The van der Waals surface area contributed by atoms with E-state index in [1.54, 1.807) is 0 Å². The van der Waals surface area contributed by atoms with Crippen molar-refractivity contribution in [3.05, 3.63) is 17.2 Å². The van der Waals surface area contributed by atoms with Crippen LogP contribution < -0.4 is 14.2 Å². The van der Waals surface area contributed by atoms with E-state index in [0.29, 0.717) is 32.1 Å². The van der Waals surface area contributed by atoms with E-state index in [9.17, 15) is 28.8 Å².